The van der Waals surface area contributed by atoms with Crippen LogP contribution in [0.5, 0.6) is 0 Å². The van der Waals surface area contributed by atoms with Crippen molar-refractivity contribution < 1.29 is 19.4 Å². The predicted octanol–water partition coefficient (Wildman–Crippen LogP) is 1.59. The van der Waals surface area contributed by atoms with Crippen LogP contribution in [0, 0.1) is 12.3 Å². The number of hydrogen-bond acceptors (Lipinski definition) is 4. The summed E-state index contributed by atoms with van der Waals surface area (Å²) in [6.45, 7) is 10.3. The van der Waals surface area contributed by atoms with Gasteiger partial charge in [-0.05, 0) is 34.6 Å². The highest BCUT2D eigenvalue weighted by atomic mass is 16.6. The molecule has 7 nitrogen and oxygen atoms in total. The molecular formula is C16H27N3O4. The van der Waals surface area contributed by atoms with Crippen molar-refractivity contribution in [1.29, 1.82) is 0 Å². The van der Waals surface area contributed by atoms with Crippen LogP contribution in [0.1, 0.15) is 34.6 Å². The topological polar surface area (TPSA) is 82.1 Å². The van der Waals surface area contributed by atoms with Crippen molar-refractivity contribution in [1.82, 2.24) is 15.1 Å². The molecule has 1 rings (SSSR count). The van der Waals surface area contributed by atoms with Gasteiger partial charge in [-0.2, -0.15) is 0 Å². The van der Waals surface area contributed by atoms with Gasteiger partial charge >= 0.3 is 12.2 Å². The number of rotatable bonds is 3. The first-order chi connectivity index (χ1) is 10.4. The molecule has 1 fully saturated rings. The Hall–Kier alpha value is -1.94. The van der Waals surface area contributed by atoms with E-state index in [2.05, 4.69) is 11.2 Å². The molecule has 1 saturated heterocycles. The third-order valence-electron chi connectivity index (χ3n) is 3.52. The van der Waals surface area contributed by atoms with Gasteiger partial charge in [0.05, 0.1) is 11.6 Å². The molecular weight excluding hydrogens is 298 g/mol. The van der Waals surface area contributed by atoms with Crippen LogP contribution >= 0.6 is 0 Å². The van der Waals surface area contributed by atoms with Gasteiger partial charge in [0.25, 0.3) is 0 Å². The van der Waals surface area contributed by atoms with E-state index in [0.717, 1.165) is 0 Å². The van der Waals surface area contributed by atoms with Crippen LogP contribution in [-0.4, -0.2) is 70.5 Å². The highest BCUT2D eigenvalue weighted by Crippen LogP contribution is 2.16. The van der Waals surface area contributed by atoms with Crippen molar-refractivity contribution in [3.05, 3.63) is 0 Å². The Morgan fingerprint density at radius 2 is 1.91 bits per heavy atom. The molecule has 1 atom stereocenters. The highest BCUT2D eigenvalue weighted by Gasteiger charge is 2.35. The zero-order valence-electron chi connectivity index (χ0n) is 14.5. The molecule has 130 valence electrons. The second-order valence-electron chi connectivity index (χ2n) is 7.21. The van der Waals surface area contributed by atoms with Crippen LogP contribution < -0.4 is 5.32 Å². The average molecular weight is 325 g/mol. The molecule has 7 heteroatoms. The summed E-state index contributed by atoms with van der Waals surface area (Å²) in [5, 5.41) is 12.4. The van der Waals surface area contributed by atoms with E-state index in [4.69, 9.17) is 11.2 Å². The lowest BCUT2D eigenvalue weighted by Crippen LogP contribution is -2.61. The minimum Gasteiger partial charge on any atom is -0.465 e. The Bertz CT molecular complexity index is 491. The van der Waals surface area contributed by atoms with E-state index < -0.39 is 23.3 Å². The predicted molar refractivity (Wildman–Crippen MR) is 87.2 cm³/mol. The van der Waals surface area contributed by atoms with Gasteiger partial charge in [-0.25, -0.2) is 9.59 Å². The molecule has 23 heavy (non-hydrogen) atoms. The monoisotopic (exact) mass is 325 g/mol. The average Bonchev–Trinajstić information content (AvgIpc) is 2.43. The van der Waals surface area contributed by atoms with Gasteiger partial charge in [-0.3, -0.25) is 5.32 Å². The smallest absolute Gasteiger partial charge is 0.410 e. The molecule has 1 aliphatic rings. The van der Waals surface area contributed by atoms with Gasteiger partial charge in [0.2, 0.25) is 0 Å². The van der Waals surface area contributed by atoms with Crippen LogP contribution in [0.15, 0.2) is 0 Å². The number of hydrogen-bond donors (Lipinski definition) is 2. The van der Waals surface area contributed by atoms with Gasteiger partial charge in [-0.1, -0.05) is 5.92 Å². The second-order valence-corrected chi connectivity index (χ2v) is 7.21. The number of carbonyl (C=O) groups is 2. The largest absolute Gasteiger partial charge is 0.465 e. The maximum atomic E-state index is 12.4. The number of nitrogens with one attached hydrogen (secondary N) is 1. The van der Waals surface area contributed by atoms with Gasteiger partial charge < -0.3 is 19.6 Å². The molecule has 2 amide bonds. The van der Waals surface area contributed by atoms with Gasteiger partial charge in [0, 0.05) is 26.2 Å². The van der Waals surface area contributed by atoms with Gasteiger partial charge in [0.1, 0.15) is 5.60 Å². The van der Waals surface area contributed by atoms with Crippen molar-refractivity contribution in [2.24, 2.45) is 0 Å². The molecule has 1 aliphatic heterocycles. The molecule has 0 aliphatic carbocycles. The van der Waals surface area contributed by atoms with Crippen molar-refractivity contribution in [3.8, 4) is 12.3 Å². The van der Waals surface area contributed by atoms with Gasteiger partial charge in [-0.15, -0.1) is 6.42 Å². The van der Waals surface area contributed by atoms with E-state index in [9.17, 15) is 14.7 Å². The zero-order valence-corrected chi connectivity index (χ0v) is 14.5. The van der Waals surface area contributed by atoms with E-state index in [-0.39, 0.29) is 19.1 Å². The SMILES string of the molecule is C#CC(C)(C)NCC1CN(C(=O)O)CCN1C(=O)OC(C)(C)C. The summed E-state index contributed by atoms with van der Waals surface area (Å²) in [7, 11) is 0. The number of carboxylic acid groups (broad SMARTS) is 1. The quantitative estimate of drug-likeness (QED) is 0.770. The summed E-state index contributed by atoms with van der Waals surface area (Å²) in [4.78, 5) is 26.4. The van der Waals surface area contributed by atoms with E-state index in [1.807, 2.05) is 13.8 Å². The maximum absolute atomic E-state index is 12.4. The van der Waals surface area contributed by atoms with Crippen LogP contribution in [0.25, 0.3) is 0 Å². The number of terminal acetylenes is 1. The number of piperazine rings is 1. The lowest BCUT2D eigenvalue weighted by molar-refractivity contribution is -0.000520. The third-order valence-corrected chi connectivity index (χ3v) is 3.52. The number of nitrogens with zero attached hydrogens (tertiary/aromatic N) is 2. The molecule has 0 aromatic heterocycles. The first kappa shape index (κ1) is 19.1. The molecule has 2 N–H and O–H groups in total. The molecule has 0 radical (unpaired) electrons. The van der Waals surface area contributed by atoms with E-state index in [1.165, 1.54) is 4.90 Å². The second kappa shape index (κ2) is 7.09. The Morgan fingerprint density at radius 1 is 1.30 bits per heavy atom. The van der Waals surface area contributed by atoms with Crippen LogP contribution in [0.3, 0.4) is 0 Å². The van der Waals surface area contributed by atoms with E-state index in [0.29, 0.717) is 13.1 Å². The number of amides is 2. The first-order valence-electron chi connectivity index (χ1n) is 7.65. The molecule has 1 unspecified atom stereocenters. The van der Waals surface area contributed by atoms with Crippen molar-refractivity contribution in [2.75, 3.05) is 26.2 Å². The van der Waals surface area contributed by atoms with Gasteiger partial charge in [0.15, 0.2) is 0 Å². The maximum Gasteiger partial charge on any atom is 0.410 e. The standard InChI is InChI=1S/C16H27N3O4/c1-7-16(5,6)17-10-12-11-18(13(20)21)8-9-19(12)14(22)23-15(2,3)4/h1,12,17H,8-11H2,2-6H3,(H,20,21). The summed E-state index contributed by atoms with van der Waals surface area (Å²) < 4.78 is 5.41. The summed E-state index contributed by atoms with van der Waals surface area (Å²) in [5.74, 6) is 2.62. The van der Waals surface area contributed by atoms with Crippen molar-refractivity contribution >= 4 is 12.2 Å². The van der Waals surface area contributed by atoms with Crippen molar-refractivity contribution in [3.63, 3.8) is 0 Å². The minimum absolute atomic E-state index is 0.224. The van der Waals surface area contributed by atoms with Crippen LogP contribution in [-0.2, 0) is 4.74 Å². The third kappa shape index (κ3) is 5.99. The molecule has 0 aromatic carbocycles. The Morgan fingerprint density at radius 3 is 2.39 bits per heavy atom. The van der Waals surface area contributed by atoms with E-state index >= 15 is 0 Å². The Labute approximate surface area is 138 Å². The lowest BCUT2D eigenvalue weighted by atomic mass is 10.1. The fourth-order valence-corrected chi connectivity index (χ4v) is 2.19. The summed E-state index contributed by atoms with van der Waals surface area (Å²) in [6.07, 6.45) is 4.03. The first-order valence-corrected chi connectivity index (χ1v) is 7.65. The molecule has 0 aromatic rings. The van der Waals surface area contributed by atoms with E-state index in [1.54, 1.807) is 25.7 Å². The fourth-order valence-electron chi connectivity index (χ4n) is 2.19. The van der Waals surface area contributed by atoms with Crippen LogP contribution in [0.2, 0.25) is 0 Å². The normalized spacial score (nSPS) is 19.2. The van der Waals surface area contributed by atoms with Crippen molar-refractivity contribution in [2.45, 2.75) is 51.8 Å². The minimum atomic E-state index is -0.991. The summed E-state index contributed by atoms with van der Waals surface area (Å²) in [6, 6.07) is -0.331. The number of ether oxygens (including phenoxy) is 1. The summed E-state index contributed by atoms with van der Waals surface area (Å²) in [5.41, 5.74) is -1.14. The molecule has 0 saturated carbocycles. The summed E-state index contributed by atoms with van der Waals surface area (Å²) >= 11 is 0. The van der Waals surface area contributed by atoms with Crippen LogP contribution in [0.4, 0.5) is 9.59 Å². The fraction of sp³-hybridized carbons (Fsp3) is 0.750. The lowest BCUT2D eigenvalue weighted by Gasteiger charge is -2.41. The Balaban J connectivity index is 2.83. The number of carbonyl (C=O) groups excluding carboxylic acids is 1. The highest BCUT2D eigenvalue weighted by molar-refractivity contribution is 5.70. The molecule has 0 spiro atoms. The zero-order chi connectivity index (χ0) is 17.8. The molecule has 1 heterocycles. The molecule has 0 bridgehead atoms. The Kier molecular flexibility index (Phi) is 5.89.